The van der Waals surface area contributed by atoms with Crippen molar-refractivity contribution in [2.75, 3.05) is 6.54 Å². The first-order valence-electron chi connectivity index (χ1n) is 6.93. The predicted octanol–water partition coefficient (Wildman–Crippen LogP) is 2.76. The first-order chi connectivity index (χ1) is 9.99. The molecule has 110 valence electrons. The largest absolute Gasteiger partial charge is 0.393 e. The van der Waals surface area contributed by atoms with Crippen LogP contribution in [0.2, 0.25) is 0 Å². The summed E-state index contributed by atoms with van der Waals surface area (Å²) >= 11 is 4.90. The Labute approximate surface area is 130 Å². The predicted molar refractivity (Wildman–Crippen MR) is 89.3 cm³/mol. The van der Waals surface area contributed by atoms with E-state index in [-0.39, 0.29) is 11.9 Å². The monoisotopic (exact) mass is 301 g/mol. The van der Waals surface area contributed by atoms with Gasteiger partial charge >= 0.3 is 0 Å². The van der Waals surface area contributed by atoms with Crippen molar-refractivity contribution in [2.24, 2.45) is 5.73 Å². The van der Waals surface area contributed by atoms with Gasteiger partial charge < -0.3 is 10.6 Å². The van der Waals surface area contributed by atoms with E-state index in [9.17, 15) is 4.79 Å². The van der Waals surface area contributed by atoms with Crippen LogP contribution in [0.15, 0.2) is 36.5 Å². The molecule has 0 saturated carbocycles. The lowest BCUT2D eigenvalue weighted by atomic mass is 10.1. The van der Waals surface area contributed by atoms with Crippen LogP contribution in [0.4, 0.5) is 0 Å². The normalized spacial score (nSPS) is 10.8. The minimum Gasteiger partial charge on any atom is -0.393 e. The van der Waals surface area contributed by atoms with Gasteiger partial charge in [0, 0.05) is 36.2 Å². The van der Waals surface area contributed by atoms with E-state index in [0.717, 1.165) is 10.9 Å². The number of benzene rings is 1. The number of carbonyl (C=O) groups excluding carboxylic acids is 1. The van der Waals surface area contributed by atoms with E-state index < -0.39 is 0 Å². The number of hydrogen-bond donors (Lipinski definition) is 1. The van der Waals surface area contributed by atoms with E-state index >= 15 is 0 Å². The molecule has 2 N–H and O–H groups in total. The number of thiocarbonyl (C=S) groups is 1. The SMILES string of the molecule is CC(C)N(CCC(N)=S)C(=O)c1ccc2ncccc2c1. The molecule has 0 aliphatic heterocycles. The van der Waals surface area contributed by atoms with Gasteiger partial charge in [-0.05, 0) is 38.1 Å². The van der Waals surface area contributed by atoms with Gasteiger partial charge in [-0.25, -0.2) is 0 Å². The van der Waals surface area contributed by atoms with Crippen molar-refractivity contribution in [3.05, 3.63) is 42.1 Å². The number of hydrogen-bond acceptors (Lipinski definition) is 3. The molecule has 0 saturated heterocycles. The van der Waals surface area contributed by atoms with Crippen LogP contribution in [0.1, 0.15) is 30.6 Å². The molecular weight excluding hydrogens is 282 g/mol. The molecule has 0 bridgehead atoms. The number of aromatic nitrogens is 1. The lowest BCUT2D eigenvalue weighted by molar-refractivity contribution is 0.0712. The van der Waals surface area contributed by atoms with Gasteiger partial charge in [0.2, 0.25) is 0 Å². The molecule has 2 rings (SSSR count). The number of carbonyl (C=O) groups is 1. The van der Waals surface area contributed by atoms with Gasteiger partial charge in [-0.2, -0.15) is 0 Å². The smallest absolute Gasteiger partial charge is 0.254 e. The molecule has 2 aromatic rings. The van der Waals surface area contributed by atoms with Gasteiger partial charge in [0.15, 0.2) is 0 Å². The maximum atomic E-state index is 12.7. The molecule has 1 amide bonds. The molecule has 0 fully saturated rings. The summed E-state index contributed by atoms with van der Waals surface area (Å²) in [5.74, 6) is -0.00740. The van der Waals surface area contributed by atoms with Crippen LogP contribution in [-0.2, 0) is 0 Å². The molecule has 0 aliphatic carbocycles. The number of fused-ring (bicyclic) bond motifs is 1. The van der Waals surface area contributed by atoms with E-state index in [0.29, 0.717) is 23.5 Å². The molecular formula is C16H19N3OS. The lowest BCUT2D eigenvalue weighted by Crippen LogP contribution is -2.38. The summed E-state index contributed by atoms with van der Waals surface area (Å²) < 4.78 is 0. The van der Waals surface area contributed by atoms with Crippen LogP contribution in [0.3, 0.4) is 0 Å². The number of nitrogens with two attached hydrogens (primary N) is 1. The third-order valence-corrected chi connectivity index (χ3v) is 3.54. The van der Waals surface area contributed by atoms with Crippen molar-refractivity contribution in [2.45, 2.75) is 26.3 Å². The fourth-order valence-corrected chi connectivity index (χ4v) is 2.29. The quantitative estimate of drug-likeness (QED) is 0.863. The van der Waals surface area contributed by atoms with Crippen LogP contribution in [0, 0.1) is 0 Å². The fourth-order valence-electron chi connectivity index (χ4n) is 2.20. The summed E-state index contributed by atoms with van der Waals surface area (Å²) in [5, 5.41) is 0.960. The second kappa shape index (κ2) is 6.63. The minimum absolute atomic E-state index is 0.00740. The zero-order valence-corrected chi connectivity index (χ0v) is 13.1. The van der Waals surface area contributed by atoms with Crippen molar-refractivity contribution >= 4 is 34.0 Å². The van der Waals surface area contributed by atoms with E-state index in [1.165, 1.54) is 0 Å². The van der Waals surface area contributed by atoms with Gasteiger partial charge in [0.1, 0.15) is 0 Å². The Morgan fingerprint density at radius 2 is 2.14 bits per heavy atom. The highest BCUT2D eigenvalue weighted by atomic mass is 32.1. The van der Waals surface area contributed by atoms with Gasteiger partial charge in [0.05, 0.1) is 10.5 Å². The molecule has 0 aliphatic rings. The standard InChI is InChI=1S/C16H19N3OS/c1-11(2)19(9-7-15(17)21)16(20)13-5-6-14-12(10-13)4-3-8-18-14/h3-6,8,10-11H,7,9H2,1-2H3,(H2,17,21). The molecule has 1 heterocycles. The number of nitrogens with zero attached hydrogens (tertiary/aromatic N) is 2. The summed E-state index contributed by atoms with van der Waals surface area (Å²) in [6.07, 6.45) is 2.28. The van der Waals surface area contributed by atoms with E-state index in [2.05, 4.69) is 4.98 Å². The summed E-state index contributed by atoms with van der Waals surface area (Å²) in [5.41, 5.74) is 7.08. The average Bonchev–Trinajstić information content (AvgIpc) is 2.46. The molecule has 1 aromatic carbocycles. The zero-order chi connectivity index (χ0) is 15.4. The van der Waals surface area contributed by atoms with Crippen molar-refractivity contribution < 1.29 is 4.79 Å². The molecule has 1 aromatic heterocycles. The summed E-state index contributed by atoms with van der Waals surface area (Å²) in [6.45, 7) is 4.51. The van der Waals surface area contributed by atoms with Crippen molar-refractivity contribution in [1.82, 2.24) is 9.88 Å². The highest BCUT2D eigenvalue weighted by Gasteiger charge is 2.19. The molecule has 21 heavy (non-hydrogen) atoms. The van der Waals surface area contributed by atoms with Crippen molar-refractivity contribution in [3.8, 4) is 0 Å². The molecule has 4 nitrogen and oxygen atoms in total. The summed E-state index contributed by atoms with van der Waals surface area (Å²) in [6, 6.07) is 9.47. The topological polar surface area (TPSA) is 59.2 Å². The molecule has 0 unspecified atom stereocenters. The van der Waals surface area contributed by atoms with Crippen LogP contribution in [0.5, 0.6) is 0 Å². The lowest BCUT2D eigenvalue weighted by Gasteiger charge is -2.26. The maximum Gasteiger partial charge on any atom is 0.254 e. The van der Waals surface area contributed by atoms with E-state index in [1.807, 2.05) is 44.2 Å². The highest BCUT2D eigenvalue weighted by molar-refractivity contribution is 7.80. The Morgan fingerprint density at radius 1 is 1.38 bits per heavy atom. The second-order valence-electron chi connectivity index (χ2n) is 5.22. The van der Waals surface area contributed by atoms with Gasteiger partial charge in [0.25, 0.3) is 5.91 Å². The summed E-state index contributed by atoms with van der Waals surface area (Å²) in [4.78, 5) is 19.1. The molecule has 0 spiro atoms. The van der Waals surface area contributed by atoms with Crippen molar-refractivity contribution in [3.63, 3.8) is 0 Å². The first-order valence-corrected chi connectivity index (χ1v) is 7.34. The van der Waals surface area contributed by atoms with Crippen LogP contribution in [-0.4, -0.2) is 33.4 Å². The third kappa shape index (κ3) is 3.76. The Bertz CT molecular complexity index is 669. The Kier molecular flexibility index (Phi) is 4.85. The van der Waals surface area contributed by atoms with Gasteiger partial charge in [-0.3, -0.25) is 9.78 Å². The van der Waals surface area contributed by atoms with Crippen LogP contribution >= 0.6 is 12.2 Å². The second-order valence-corrected chi connectivity index (χ2v) is 5.74. The maximum absolute atomic E-state index is 12.7. The Balaban J connectivity index is 2.27. The van der Waals surface area contributed by atoms with Crippen LogP contribution in [0.25, 0.3) is 10.9 Å². The summed E-state index contributed by atoms with van der Waals surface area (Å²) in [7, 11) is 0. The van der Waals surface area contributed by atoms with Gasteiger partial charge in [-0.1, -0.05) is 18.3 Å². The number of rotatable bonds is 5. The van der Waals surface area contributed by atoms with Crippen molar-refractivity contribution in [1.29, 1.82) is 0 Å². The molecule has 0 radical (unpaired) electrons. The molecule has 0 atom stereocenters. The number of pyridine rings is 1. The minimum atomic E-state index is -0.00740. The fraction of sp³-hybridized carbons (Fsp3) is 0.312. The van der Waals surface area contributed by atoms with Gasteiger partial charge in [-0.15, -0.1) is 0 Å². The molecule has 5 heteroatoms. The zero-order valence-electron chi connectivity index (χ0n) is 12.2. The van der Waals surface area contributed by atoms with E-state index in [1.54, 1.807) is 11.1 Å². The highest BCUT2D eigenvalue weighted by Crippen LogP contribution is 2.16. The Hall–Kier alpha value is -2.01. The van der Waals surface area contributed by atoms with E-state index in [4.69, 9.17) is 18.0 Å². The van der Waals surface area contributed by atoms with Crippen LogP contribution < -0.4 is 5.73 Å². The third-order valence-electron chi connectivity index (χ3n) is 3.33. The first kappa shape index (κ1) is 15.4. The average molecular weight is 301 g/mol. The Morgan fingerprint density at radius 3 is 2.81 bits per heavy atom. The number of amides is 1.